The van der Waals surface area contributed by atoms with E-state index >= 15 is 0 Å². The Morgan fingerprint density at radius 3 is 2.33 bits per heavy atom. The van der Waals surface area contributed by atoms with Crippen molar-refractivity contribution in [2.75, 3.05) is 0 Å². The zero-order chi connectivity index (χ0) is 14.1. The summed E-state index contributed by atoms with van der Waals surface area (Å²) < 4.78 is 62.6. The number of hydrogen-bond donors (Lipinski definition) is 2. The maximum atomic E-state index is 12.5. The smallest absolute Gasteiger partial charge is 0.421 e. The lowest BCUT2D eigenvalue weighted by Crippen LogP contribution is -2.26. The fraction of sp³-hybridized carbons (Fsp3) is 0.333. The third-order valence-corrected chi connectivity index (χ3v) is 2.08. The predicted molar refractivity (Wildman–Crippen MR) is 48.4 cm³/mol. The molecule has 0 spiro atoms. The first-order valence-electron chi connectivity index (χ1n) is 4.46. The minimum atomic E-state index is -5.21. The number of halogens is 5. The van der Waals surface area contributed by atoms with Gasteiger partial charge in [0.15, 0.2) is 0 Å². The Labute approximate surface area is 96.1 Å². The fourth-order valence-electron chi connectivity index (χ4n) is 1.42. The second-order valence-electron chi connectivity index (χ2n) is 3.30. The van der Waals surface area contributed by atoms with Crippen molar-refractivity contribution in [3.05, 3.63) is 33.2 Å². The molecule has 0 aliphatic carbocycles. The van der Waals surface area contributed by atoms with Crippen molar-refractivity contribution < 1.29 is 31.9 Å². The van der Waals surface area contributed by atoms with Gasteiger partial charge in [0.2, 0.25) is 0 Å². The van der Waals surface area contributed by atoms with E-state index in [4.69, 9.17) is 5.11 Å². The van der Waals surface area contributed by atoms with Crippen LogP contribution >= 0.6 is 0 Å². The van der Waals surface area contributed by atoms with Crippen LogP contribution in [0.2, 0.25) is 0 Å². The molecule has 0 unspecified atom stereocenters. The van der Waals surface area contributed by atoms with Crippen molar-refractivity contribution in [1.82, 2.24) is 4.98 Å². The molecule has 0 saturated carbocycles. The Morgan fingerprint density at radius 1 is 1.39 bits per heavy atom. The number of rotatable bonds is 3. The number of alkyl halides is 5. The molecule has 100 valence electrons. The van der Waals surface area contributed by atoms with E-state index in [2.05, 4.69) is 0 Å². The average molecular weight is 271 g/mol. The van der Waals surface area contributed by atoms with Crippen molar-refractivity contribution in [3.8, 4) is 0 Å². The summed E-state index contributed by atoms with van der Waals surface area (Å²) in [6, 6.07) is 0. The highest BCUT2D eigenvalue weighted by Gasteiger charge is 2.39. The van der Waals surface area contributed by atoms with Gasteiger partial charge in [-0.05, 0) is 5.56 Å². The monoisotopic (exact) mass is 271 g/mol. The molecular weight excluding hydrogens is 265 g/mol. The molecule has 0 atom stereocenters. The SMILES string of the molecule is O=C(O)Cc1c(C(F)F)c[nH]c(=O)c1C(F)(F)F. The number of hydrogen-bond acceptors (Lipinski definition) is 2. The van der Waals surface area contributed by atoms with Crippen LogP contribution in [0.5, 0.6) is 0 Å². The second-order valence-corrected chi connectivity index (χ2v) is 3.30. The molecule has 1 aromatic rings. The third-order valence-electron chi connectivity index (χ3n) is 2.08. The average Bonchev–Trinajstić information content (AvgIpc) is 2.13. The first-order chi connectivity index (χ1) is 8.14. The molecule has 0 fully saturated rings. The number of aromatic nitrogens is 1. The van der Waals surface area contributed by atoms with E-state index < -0.39 is 47.2 Å². The zero-order valence-corrected chi connectivity index (χ0v) is 8.52. The number of carboxylic acid groups (broad SMARTS) is 1. The van der Waals surface area contributed by atoms with E-state index in [1.165, 1.54) is 4.98 Å². The second kappa shape index (κ2) is 4.75. The van der Waals surface area contributed by atoms with Gasteiger partial charge in [0, 0.05) is 11.8 Å². The lowest BCUT2D eigenvalue weighted by Gasteiger charge is -2.14. The van der Waals surface area contributed by atoms with Crippen LogP contribution in [0.4, 0.5) is 22.0 Å². The Morgan fingerprint density at radius 2 is 1.94 bits per heavy atom. The van der Waals surface area contributed by atoms with Crippen molar-refractivity contribution in [1.29, 1.82) is 0 Å². The van der Waals surface area contributed by atoms with Crippen molar-refractivity contribution in [2.45, 2.75) is 19.0 Å². The first-order valence-corrected chi connectivity index (χ1v) is 4.46. The highest BCUT2D eigenvalue weighted by molar-refractivity contribution is 5.71. The van der Waals surface area contributed by atoms with E-state index in [-0.39, 0.29) is 0 Å². The summed E-state index contributed by atoms with van der Waals surface area (Å²) in [5, 5.41) is 8.43. The van der Waals surface area contributed by atoms with Gasteiger partial charge in [0.05, 0.1) is 6.42 Å². The van der Waals surface area contributed by atoms with Crippen molar-refractivity contribution in [2.24, 2.45) is 0 Å². The molecule has 4 nitrogen and oxygen atoms in total. The summed E-state index contributed by atoms with van der Waals surface area (Å²) in [6.45, 7) is 0. The van der Waals surface area contributed by atoms with E-state index in [9.17, 15) is 31.5 Å². The Hall–Kier alpha value is -1.93. The summed E-state index contributed by atoms with van der Waals surface area (Å²) in [5.74, 6) is -1.74. The van der Waals surface area contributed by atoms with Gasteiger partial charge in [-0.25, -0.2) is 8.78 Å². The number of aromatic amines is 1. The van der Waals surface area contributed by atoms with Crippen molar-refractivity contribution in [3.63, 3.8) is 0 Å². The summed E-state index contributed by atoms with van der Waals surface area (Å²) in [6.07, 6.45) is -9.44. The van der Waals surface area contributed by atoms with E-state index in [1.54, 1.807) is 0 Å². The van der Waals surface area contributed by atoms with Crippen molar-refractivity contribution >= 4 is 5.97 Å². The Balaban J connectivity index is 3.61. The molecule has 0 saturated heterocycles. The maximum absolute atomic E-state index is 12.5. The van der Waals surface area contributed by atoms with Gasteiger partial charge in [0.25, 0.3) is 12.0 Å². The maximum Gasteiger partial charge on any atom is 0.421 e. The summed E-state index contributed by atoms with van der Waals surface area (Å²) >= 11 is 0. The van der Waals surface area contributed by atoms with Crippen LogP contribution in [0, 0.1) is 0 Å². The van der Waals surface area contributed by atoms with Gasteiger partial charge in [0.1, 0.15) is 5.56 Å². The molecule has 1 aromatic heterocycles. The van der Waals surface area contributed by atoms with Crippen LogP contribution in [0.1, 0.15) is 23.1 Å². The van der Waals surface area contributed by atoms with Gasteiger partial charge >= 0.3 is 12.1 Å². The normalized spacial score (nSPS) is 11.9. The number of aliphatic carboxylic acids is 1. The van der Waals surface area contributed by atoms with Crippen LogP contribution in [-0.2, 0) is 17.4 Å². The lowest BCUT2D eigenvalue weighted by molar-refractivity contribution is -0.140. The van der Waals surface area contributed by atoms with Gasteiger partial charge in [-0.2, -0.15) is 13.2 Å². The minimum Gasteiger partial charge on any atom is -0.481 e. The zero-order valence-electron chi connectivity index (χ0n) is 8.52. The molecule has 0 amide bonds. The van der Waals surface area contributed by atoms with E-state index in [1.807, 2.05) is 0 Å². The molecule has 0 aromatic carbocycles. The number of H-pyrrole nitrogens is 1. The standard InChI is InChI=1S/C9H6F5NO3/c10-7(11)4-2-15-8(18)6(9(12,13)14)3(4)1-5(16)17/h2,7H,1H2,(H,15,18)(H,16,17). The predicted octanol–water partition coefficient (Wildman–Crippen LogP) is 1.96. The minimum absolute atomic E-state index is 0.389. The fourth-order valence-corrected chi connectivity index (χ4v) is 1.42. The van der Waals surface area contributed by atoms with Crippen LogP contribution in [-0.4, -0.2) is 16.1 Å². The largest absolute Gasteiger partial charge is 0.481 e. The van der Waals surface area contributed by atoms with Crippen LogP contribution in [0.15, 0.2) is 11.0 Å². The number of carboxylic acids is 1. The molecular formula is C9H6F5NO3. The van der Waals surface area contributed by atoms with Crippen LogP contribution in [0.3, 0.4) is 0 Å². The quantitative estimate of drug-likeness (QED) is 0.825. The molecule has 18 heavy (non-hydrogen) atoms. The number of pyridine rings is 1. The molecule has 0 aliphatic heterocycles. The number of carbonyl (C=O) groups is 1. The van der Waals surface area contributed by atoms with Gasteiger partial charge in [-0.3, -0.25) is 9.59 Å². The van der Waals surface area contributed by atoms with Gasteiger partial charge in [-0.15, -0.1) is 0 Å². The van der Waals surface area contributed by atoms with E-state index in [0.717, 1.165) is 0 Å². The van der Waals surface area contributed by atoms with Gasteiger partial charge < -0.3 is 10.1 Å². The first kappa shape index (κ1) is 14.1. The molecule has 1 rings (SSSR count). The lowest BCUT2D eigenvalue weighted by atomic mass is 10.0. The van der Waals surface area contributed by atoms with Gasteiger partial charge in [-0.1, -0.05) is 0 Å². The molecule has 0 bridgehead atoms. The summed E-state index contributed by atoms with van der Waals surface area (Å²) in [7, 11) is 0. The number of nitrogens with one attached hydrogen (secondary N) is 1. The molecule has 0 radical (unpaired) electrons. The highest BCUT2D eigenvalue weighted by atomic mass is 19.4. The highest BCUT2D eigenvalue weighted by Crippen LogP contribution is 2.33. The Bertz CT molecular complexity index is 520. The van der Waals surface area contributed by atoms with E-state index in [0.29, 0.717) is 6.20 Å². The molecule has 0 aliphatic rings. The van der Waals surface area contributed by atoms with Crippen LogP contribution < -0.4 is 5.56 Å². The molecule has 1 heterocycles. The topological polar surface area (TPSA) is 70.2 Å². The molecule has 2 N–H and O–H groups in total. The molecule has 9 heteroatoms. The summed E-state index contributed by atoms with van der Waals surface area (Å²) in [4.78, 5) is 23.0. The Kier molecular flexibility index (Phi) is 3.73. The summed E-state index contributed by atoms with van der Waals surface area (Å²) in [5.41, 5.74) is -5.91. The van der Waals surface area contributed by atoms with Crippen LogP contribution in [0.25, 0.3) is 0 Å². The third kappa shape index (κ3) is 2.84.